The second kappa shape index (κ2) is 14.0. The number of hydrogen-bond acceptors (Lipinski definition) is 4. The van der Waals surface area contributed by atoms with Crippen LogP contribution in [0.25, 0.3) is 0 Å². The average molecular weight is 605 g/mol. The minimum Gasteiger partial charge on any atom is -0.352 e. The second-order valence-corrected chi connectivity index (χ2v) is 12.3. The summed E-state index contributed by atoms with van der Waals surface area (Å²) in [5.74, 6) is -0.819. The number of anilines is 1. The van der Waals surface area contributed by atoms with Gasteiger partial charge in [0.2, 0.25) is 11.8 Å². The first kappa shape index (κ1) is 31.5. The van der Waals surface area contributed by atoms with Gasteiger partial charge in [0.15, 0.2) is 0 Å². The van der Waals surface area contributed by atoms with E-state index >= 15 is 0 Å². The molecule has 0 aromatic heterocycles. The molecule has 2 amide bonds. The van der Waals surface area contributed by atoms with Crippen LogP contribution in [0.1, 0.15) is 44.7 Å². The Hall–Kier alpha value is -3.07. The number of rotatable bonds is 12. The fraction of sp³-hybridized carbons (Fsp3) is 0.333. The lowest BCUT2D eigenvalue weighted by molar-refractivity contribution is -0.140. The van der Waals surface area contributed by atoms with E-state index in [2.05, 4.69) is 5.32 Å². The van der Waals surface area contributed by atoms with E-state index in [-0.39, 0.29) is 39.1 Å². The molecule has 40 heavy (non-hydrogen) atoms. The van der Waals surface area contributed by atoms with E-state index in [1.54, 1.807) is 12.1 Å². The predicted molar refractivity (Wildman–Crippen MR) is 161 cm³/mol. The maximum Gasteiger partial charge on any atom is 0.264 e. The number of halogens is 2. The Morgan fingerprint density at radius 1 is 0.900 bits per heavy atom. The van der Waals surface area contributed by atoms with Crippen molar-refractivity contribution < 1.29 is 18.0 Å². The van der Waals surface area contributed by atoms with Crippen molar-refractivity contribution in [1.29, 1.82) is 0 Å². The third-order valence-electron chi connectivity index (χ3n) is 6.66. The Morgan fingerprint density at radius 2 is 1.55 bits per heavy atom. The highest BCUT2D eigenvalue weighted by Gasteiger charge is 2.34. The molecule has 3 aromatic carbocycles. The number of nitrogens with zero attached hydrogens (tertiary/aromatic N) is 2. The summed E-state index contributed by atoms with van der Waals surface area (Å²) in [6, 6.07) is 19.2. The number of sulfonamides is 1. The molecule has 10 heteroatoms. The van der Waals surface area contributed by atoms with Gasteiger partial charge in [-0.1, -0.05) is 85.1 Å². The lowest BCUT2D eigenvalue weighted by Crippen LogP contribution is -2.53. The van der Waals surface area contributed by atoms with Crippen molar-refractivity contribution in [3.8, 4) is 0 Å². The van der Waals surface area contributed by atoms with Gasteiger partial charge >= 0.3 is 0 Å². The highest BCUT2D eigenvalue weighted by Crippen LogP contribution is 2.31. The summed E-state index contributed by atoms with van der Waals surface area (Å²) in [5, 5.41) is 3.37. The van der Waals surface area contributed by atoms with Gasteiger partial charge < -0.3 is 10.2 Å². The molecule has 0 aliphatic carbocycles. The quantitative estimate of drug-likeness (QED) is 0.266. The zero-order valence-electron chi connectivity index (χ0n) is 23.1. The summed E-state index contributed by atoms with van der Waals surface area (Å²) < 4.78 is 28.8. The average Bonchev–Trinajstić information content (AvgIpc) is 2.93. The van der Waals surface area contributed by atoms with Crippen LogP contribution in [-0.4, -0.2) is 43.8 Å². The Morgan fingerprint density at radius 3 is 2.12 bits per heavy atom. The molecule has 0 radical (unpaired) electrons. The van der Waals surface area contributed by atoms with Crippen molar-refractivity contribution in [3.63, 3.8) is 0 Å². The molecule has 0 saturated carbocycles. The van der Waals surface area contributed by atoms with Gasteiger partial charge in [-0.3, -0.25) is 13.9 Å². The van der Waals surface area contributed by atoms with E-state index in [0.29, 0.717) is 6.42 Å². The van der Waals surface area contributed by atoms with Gasteiger partial charge in [-0.2, -0.15) is 0 Å². The van der Waals surface area contributed by atoms with E-state index in [4.69, 9.17) is 23.2 Å². The van der Waals surface area contributed by atoms with Crippen molar-refractivity contribution in [2.75, 3.05) is 10.8 Å². The van der Waals surface area contributed by atoms with Gasteiger partial charge in [0.25, 0.3) is 10.0 Å². The molecule has 3 aromatic rings. The number of nitrogens with one attached hydrogen (secondary N) is 1. The molecule has 0 aliphatic rings. The van der Waals surface area contributed by atoms with Crippen LogP contribution >= 0.6 is 23.2 Å². The summed E-state index contributed by atoms with van der Waals surface area (Å²) in [4.78, 5) is 28.8. The zero-order chi connectivity index (χ0) is 29.4. The smallest absolute Gasteiger partial charge is 0.264 e. The van der Waals surface area contributed by atoms with E-state index in [1.807, 2.05) is 58.0 Å². The summed E-state index contributed by atoms with van der Waals surface area (Å²) in [6.45, 7) is 7.12. The number of carbonyl (C=O) groups excluding carboxylic acids is 2. The molecule has 0 aliphatic heterocycles. The summed E-state index contributed by atoms with van der Waals surface area (Å²) in [5.41, 5.74) is 1.89. The third kappa shape index (κ3) is 7.77. The highest BCUT2D eigenvalue weighted by molar-refractivity contribution is 7.92. The molecule has 0 saturated heterocycles. The second-order valence-electron chi connectivity index (χ2n) is 9.67. The standard InChI is InChI=1S/C30H35Cl2N3O4S/c1-5-22(4)33-30(37)28(6-2)34(19-23-10-8-7-9-11-23)29(36)20-35(24-14-17-26(31)27(32)18-24)40(38,39)25-15-12-21(3)13-16-25/h7-18,22,28H,5-6,19-20H2,1-4H3,(H,33,37)/t22-,28-/m1/s1. The van der Waals surface area contributed by atoms with E-state index < -0.39 is 28.5 Å². The van der Waals surface area contributed by atoms with Crippen LogP contribution in [0, 0.1) is 6.92 Å². The minimum absolute atomic E-state index is 0.0214. The van der Waals surface area contributed by atoms with Gasteiger partial charge in [-0.05, 0) is 62.6 Å². The van der Waals surface area contributed by atoms with E-state index in [0.717, 1.165) is 21.9 Å². The first-order chi connectivity index (χ1) is 19.0. The SMILES string of the molecule is CC[C@@H](C)NC(=O)[C@@H](CC)N(Cc1ccccc1)C(=O)CN(c1ccc(Cl)c(Cl)c1)S(=O)(=O)c1ccc(C)cc1. The normalized spacial score (nSPS) is 12.8. The van der Waals surface area contributed by atoms with Crippen molar-refractivity contribution in [2.45, 2.75) is 64.1 Å². The monoisotopic (exact) mass is 603 g/mol. The first-order valence-corrected chi connectivity index (χ1v) is 15.4. The molecule has 7 nitrogen and oxygen atoms in total. The Bertz CT molecular complexity index is 1420. The predicted octanol–water partition coefficient (Wildman–Crippen LogP) is 6.22. The van der Waals surface area contributed by atoms with Gasteiger partial charge in [0.05, 0.1) is 20.6 Å². The van der Waals surface area contributed by atoms with Crippen LogP contribution in [0.2, 0.25) is 10.0 Å². The van der Waals surface area contributed by atoms with Gasteiger partial charge in [0, 0.05) is 12.6 Å². The van der Waals surface area contributed by atoms with Crippen LogP contribution in [0.4, 0.5) is 5.69 Å². The van der Waals surface area contributed by atoms with Crippen molar-refractivity contribution in [2.24, 2.45) is 0 Å². The Balaban J connectivity index is 2.07. The molecular formula is C30H35Cl2N3O4S. The van der Waals surface area contributed by atoms with Crippen molar-refractivity contribution in [1.82, 2.24) is 10.2 Å². The van der Waals surface area contributed by atoms with Crippen LogP contribution < -0.4 is 9.62 Å². The van der Waals surface area contributed by atoms with E-state index in [1.165, 1.54) is 35.2 Å². The lowest BCUT2D eigenvalue weighted by atomic mass is 10.1. The number of amides is 2. The molecule has 0 unspecified atom stereocenters. The molecule has 2 atom stereocenters. The number of aryl methyl sites for hydroxylation is 1. The molecule has 0 bridgehead atoms. The molecule has 3 rings (SSSR count). The molecular weight excluding hydrogens is 569 g/mol. The lowest BCUT2D eigenvalue weighted by Gasteiger charge is -2.33. The maximum atomic E-state index is 14.1. The molecule has 214 valence electrons. The topological polar surface area (TPSA) is 86.8 Å². The number of carbonyl (C=O) groups is 2. The maximum absolute atomic E-state index is 14.1. The van der Waals surface area contributed by atoms with Gasteiger partial charge in [-0.25, -0.2) is 8.42 Å². The number of benzene rings is 3. The fourth-order valence-electron chi connectivity index (χ4n) is 4.15. The van der Waals surface area contributed by atoms with Crippen LogP contribution in [0.5, 0.6) is 0 Å². The van der Waals surface area contributed by atoms with Crippen molar-refractivity contribution in [3.05, 3.63) is 94.0 Å². The first-order valence-electron chi connectivity index (χ1n) is 13.2. The van der Waals surface area contributed by atoms with Crippen LogP contribution in [0.15, 0.2) is 77.7 Å². The summed E-state index contributed by atoms with van der Waals surface area (Å²) in [6.07, 6.45) is 1.08. The molecule has 1 N–H and O–H groups in total. The van der Waals surface area contributed by atoms with Crippen LogP contribution in [-0.2, 0) is 26.2 Å². The Labute approximate surface area is 247 Å². The number of hydrogen-bond donors (Lipinski definition) is 1. The fourth-order valence-corrected chi connectivity index (χ4v) is 5.85. The van der Waals surface area contributed by atoms with Crippen LogP contribution in [0.3, 0.4) is 0 Å². The summed E-state index contributed by atoms with van der Waals surface area (Å²) >= 11 is 12.4. The van der Waals surface area contributed by atoms with Gasteiger partial charge in [0.1, 0.15) is 12.6 Å². The highest BCUT2D eigenvalue weighted by atomic mass is 35.5. The molecule has 0 fully saturated rings. The van der Waals surface area contributed by atoms with Gasteiger partial charge in [-0.15, -0.1) is 0 Å². The minimum atomic E-state index is -4.19. The molecule has 0 spiro atoms. The third-order valence-corrected chi connectivity index (χ3v) is 9.19. The zero-order valence-corrected chi connectivity index (χ0v) is 25.4. The largest absolute Gasteiger partial charge is 0.352 e. The van der Waals surface area contributed by atoms with E-state index in [9.17, 15) is 18.0 Å². The Kier molecular flexibility index (Phi) is 11.0. The van der Waals surface area contributed by atoms with Crippen molar-refractivity contribution >= 4 is 50.7 Å². The summed E-state index contributed by atoms with van der Waals surface area (Å²) in [7, 11) is -4.19. The molecule has 0 heterocycles.